The number of nitrogens with one attached hydrogen (secondary N) is 1. The quantitative estimate of drug-likeness (QED) is 0.567. The summed E-state index contributed by atoms with van der Waals surface area (Å²) in [4.78, 5) is 12.5. The van der Waals surface area contributed by atoms with Crippen LogP contribution in [0.3, 0.4) is 0 Å². The van der Waals surface area contributed by atoms with Gasteiger partial charge in [-0.1, -0.05) is 18.2 Å². The summed E-state index contributed by atoms with van der Waals surface area (Å²) in [5.41, 5.74) is 0.565. The zero-order chi connectivity index (χ0) is 15.3. The second-order valence-corrected chi connectivity index (χ2v) is 6.60. The van der Waals surface area contributed by atoms with Gasteiger partial charge in [0.05, 0.1) is 9.79 Å². The zero-order valence-corrected chi connectivity index (χ0v) is 11.8. The number of carbonyl (C=O) groups excluding carboxylic acids is 1. The second kappa shape index (κ2) is 4.31. The van der Waals surface area contributed by atoms with Gasteiger partial charge in [0.1, 0.15) is 0 Å². The van der Waals surface area contributed by atoms with Crippen molar-refractivity contribution in [3.05, 3.63) is 53.6 Å². The normalized spacial score (nSPS) is 15.2. The summed E-state index contributed by atoms with van der Waals surface area (Å²) < 4.78 is 25.8. The van der Waals surface area contributed by atoms with Crippen molar-refractivity contribution in [3.63, 3.8) is 0 Å². The summed E-state index contributed by atoms with van der Waals surface area (Å²) in [5, 5.41) is 13.4. The first kappa shape index (κ1) is 12.8. The second-order valence-electron chi connectivity index (χ2n) is 4.75. The van der Waals surface area contributed by atoms with E-state index in [1.165, 1.54) is 18.2 Å². The van der Waals surface area contributed by atoms with Crippen LogP contribution in [0.4, 0.5) is 0 Å². The van der Waals surface area contributed by atoms with Crippen LogP contribution in [-0.2, 0) is 9.84 Å². The number of aromatic amines is 1. The minimum Gasteiger partial charge on any atom is -0.289 e. The molecule has 0 aliphatic carbocycles. The highest BCUT2D eigenvalue weighted by Gasteiger charge is 2.37. The van der Waals surface area contributed by atoms with Crippen molar-refractivity contribution in [3.8, 4) is 11.4 Å². The fraction of sp³-hybridized carbons (Fsp3) is 0. The molecule has 0 bridgehead atoms. The van der Waals surface area contributed by atoms with Crippen LogP contribution in [0, 0.1) is 0 Å². The fourth-order valence-electron chi connectivity index (χ4n) is 2.60. The van der Waals surface area contributed by atoms with E-state index >= 15 is 0 Å². The first-order valence-electron chi connectivity index (χ1n) is 6.36. The molecule has 1 aliphatic rings. The summed E-state index contributed by atoms with van der Waals surface area (Å²) in [7, 11) is -3.83. The van der Waals surface area contributed by atoms with Crippen molar-refractivity contribution < 1.29 is 13.2 Å². The Morgan fingerprint density at radius 2 is 1.64 bits per heavy atom. The lowest BCUT2D eigenvalue weighted by molar-refractivity contribution is 0.103. The first-order valence-corrected chi connectivity index (χ1v) is 7.84. The molecule has 0 saturated heterocycles. The van der Waals surface area contributed by atoms with E-state index < -0.39 is 9.84 Å². The van der Waals surface area contributed by atoms with Gasteiger partial charge in [0.15, 0.2) is 5.78 Å². The molecule has 108 valence electrons. The molecular weight excluding hydrogens is 304 g/mol. The topological polar surface area (TPSA) is 106 Å². The Hall–Kier alpha value is -2.87. The lowest BCUT2D eigenvalue weighted by atomic mass is 10.00. The molecule has 1 aliphatic heterocycles. The lowest BCUT2D eigenvalue weighted by Gasteiger charge is -2.20. The Bertz CT molecular complexity index is 1010. The van der Waals surface area contributed by atoms with Gasteiger partial charge in [0, 0.05) is 16.7 Å². The Morgan fingerprint density at radius 1 is 0.909 bits per heavy atom. The van der Waals surface area contributed by atoms with Gasteiger partial charge >= 0.3 is 0 Å². The number of carbonyl (C=O) groups is 1. The molecule has 4 rings (SSSR count). The van der Waals surface area contributed by atoms with Crippen LogP contribution in [0.5, 0.6) is 0 Å². The molecule has 2 aromatic carbocycles. The average Bonchev–Trinajstić information content (AvgIpc) is 3.07. The smallest absolute Gasteiger partial charge is 0.208 e. The van der Waals surface area contributed by atoms with Gasteiger partial charge in [0.25, 0.3) is 0 Å². The van der Waals surface area contributed by atoms with Crippen LogP contribution in [0.25, 0.3) is 11.4 Å². The third-order valence-corrected chi connectivity index (χ3v) is 5.45. The molecule has 1 N–H and O–H groups in total. The van der Waals surface area contributed by atoms with Crippen LogP contribution < -0.4 is 0 Å². The molecule has 8 heteroatoms. The highest BCUT2D eigenvalue weighted by atomic mass is 32.2. The van der Waals surface area contributed by atoms with E-state index in [0.29, 0.717) is 0 Å². The van der Waals surface area contributed by atoms with E-state index in [2.05, 4.69) is 20.6 Å². The Balaban J connectivity index is 2.13. The van der Waals surface area contributed by atoms with Crippen molar-refractivity contribution in [1.82, 2.24) is 20.6 Å². The molecule has 0 fully saturated rings. The lowest BCUT2D eigenvalue weighted by Crippen LogP contribution is -2.21. The summed E-state index contributed by atoms with van der Waals surface area (Å²) in [5.74, 6) is -0.196. The number of H-pyrrole nitrogens is 1. The van der Waals surface area contributed by atoms with Crippen molar-refractivity contribution in [1.29, 1.82) is 0 Å². The number of tetrazole rings is 1. The van der Waals surface area contributed by atoms with Crippen molar-refractivity contribution in [2.24, 2.45) is 0 Å². The van der Waals surface area contributed by atoms with E-state index in [9.17, 15) is 13.2 Å². The molecule has 22 heavy (non-hydrogen) atoms. The molecule has 0 spiro atoms. The molecular formula is C14H8N4O3S. The van der Waals surface area contributed by atoms with Gasteiger partial charge in [-0.3, -0.25) is 4.79 Å². The number of fused-ring (bicyclic) bond motifs is 2. The Kier molecular flexibility index (Phi) is 2.52. The molecule has 7 nitrogen and oxygen atoms in total. The predicted octanol–water partition coefficient (Wildman–Crippen LogP) is 1.24. The molecule has 1 aromatic heterocycles. The van der Waals surface area contributed by atoms with E-state index in [0.717, 1.165) is 0 Å². The average molecular weight is 312 g/mol. The molecule has 0 radical (unpaired) electrons. The first-order chi connectivity index (χ1) is 10.6. The number of rotatable bonds is 1. The minimum atomic E-state index is -3.83. The van der Waals surface area contributed by atoms with Gasteiger partial charge < -0.3 is 0 Å². The number of hydrogen-bond donors (Lipinski definition) is 1. The molecule has 0 unspecified atom stereocenters. The van der Waals surface area contributed by atoms with Gasteiger partial charge in [-0.2, -0.15) is 5.21 Å². The maximum Gasteiger partial charge on any atom is 0.208 e. The van der Waals surface area contributed by atoms with Crippen LogP contribution >= 0.6 is 0 Å². The number of sulfone groups is 1. The molecule has 0 amide bonds. The van der Waals surface area contributed by atoms with Crippen molar-refractivity contribution in [2.45, 2.75) is 9.79 Å². The predicted molar refractivity (Wildman–Crippen MR) is 74.9 cm³/mol. The van der Waals surface area contributed by atoms with E-state index in [1.54, 1.807) is 24.3 Å². The fourth-order valence-corrected chi connectivity index (χ4v) is 4.43. The molecule has 2 heterocycles. The highest BCUT2D eigenvalue weighted by Crippen LogP contribution is 2.38. The number of benzene rings is 2. The van der Waals surface area contributed by atoms with E-state index in [1.807, 2.05) is 0 Å². The van der Waals surface area contributed by atoms with E-state index in [-0.39, 0.29) is 38.1 Å². The summed E-state index contributed by atoms with van der Waals surface area (Å²) >= 11 is 0. The molecule has 0 saturated carbocycles. The minimum absolute atomic E-state index is 0.00319. The molecule has 3 aromatic rings. The Morgan fingerprint density at radius 3 is 2.41 bits per heavy atom. The van der Waals surface area contributed by atoms with Crippen LogP contribution in [0.1, 0.15) is 15.9 Å². The third-order valence-electron chi connectivity index (χ3n) is 3.54. The number of nitrogens with zero attached hydrogens (tertiary/aromatic N) is 3. The Labute approximate surface area is 124 Å². The van der Waals surface area contributed by atoms with E-state index in [4.69, 9.17) is 0 Å². The van der Waals surface area contributed by atoms with Crippen LogP contribution in [-0.4, -0.2) is 34.8 Å². The largest absolute Gasteiger partial charge is 0.289 e. The van der Waals surface area contributed by atoms with Gasteiger partial charge in [0.2, 0.25) is 15.7 Å². The number of aromatic nitrogens is 4. The van der Waals surface area contributed by atoms with Gasteiger partial charge in [-0.05, 0) is 29.5 Å². The summed E-state index contributed by atoms with van der Waals surface area (Å²) in [6.45, 7) is 0. The highest BCUT2D eigenvalue weighted by molar-refractivity contribution is 7.92. The third kappa shape index (κ3) is 1.58. The standard InChI is InChI=1S/C14H8N4O3S/c19-12-8-4-1-2-7-11(8)22(20,21)13-9(12)5-3-6-10(13)14-15-17-18-16-14/h1-7H,(H,15,16,17,18). The summed E-state index contributed by atoms with van der Waals surface area (Å²) in [6.07, 6.45) is 0. The SMILES string of the molecule is O=C1c2ccccc2S(=O)(=O)c2c1cccc2-c1nn[nH]n1. The molecule has 0 atom stereocenters. The maximum atomic E-state index is 12.9. The van der Waals surface area contributed by atoms with Crippen molar-refractivity contribution in [2.75, 3.05) is 0 Å². The number of ketones is 1. The van der Waals surface area contributed by atoms with Gasteiger partial charge in [-0.15, -0.1) is 10.2 Å². The maximum absolute atomic E-state index is 12.9. The zero-order valence-electron chi connectivity index (χ0n) is 11.0. The van der Waals surface area contributed by atoms with Crippen LogP contribution in [0.15, 0.2) is 52.3 Å². The summed E-state index contributed by atoms with van der Waals surface area (Å²) in [6, 6.07) is 10.8. The number of hydrogen-bond acceptors (Lipinski definition) is 6. The monoisotopic (exact) mass is 312 g/mol. The van der Waals surface area contributed by atoms with Crippen LogP contribution in [0.2, 0.25) is 0 Å². The van der Waals surface area contributed by atoms with Gasteiger partial charge in [-0.25, -0.2) is 8.42 Å². The van der Waals surface area contributed by atoms with Crippen molar-refractivity contribution >= 4 is 15.6 Å².